The number of nitrogens with zero attached hydrogens (tertiary/aromatic N) is 1. The van der Waals surface area contributed by atoms with E-state index in [1.54, 1.807) is 0 Å². The van der Waals surface area contributed by atoms with E-state index < -0.39 is 0 Å². The molecule has 5 rings (SSSR count). The molecule has 0 unspecified atom stereocenters. The van der Waals surface area contributed by atoms with Crippen LogP contribution < -0.4 is 4.90 Å². The molecule has 5 aromatic rings. The van der Waals surface area contributed by atoms with Crippen LogP contribution in [0.2, 0.25) is 5.02 Å². The van der Waals surface area contributed by atoms with E-state index in [9.17, 15) is 0 Å². The molecule has 0 saturated carbocycles. The van der Waals surface area contributed by atoms with Crippen LogP contribution in [0.25, 0.3) is 22.3 Å². The number of rotatable bonds is 5. The molecule has 0 fully saturated rings. The number of hydrogen-bond acceptors (Lipinski definition) is 1. The summed E-state index contributed by atoms with van der Waals surface area (Å²) in [7, 11) is 0. The topological polar surface area (TPSA) is 3.24 Å². The average molecular weight is 446 g/mol. The Labute approximate surface area is 200 Å². The molecule has 1 nitrogen and oxygen atoms in total. The van der Waals surface area contributed by atoms with E-state index in [1.165, 1.54) is 22.3 Å². The fourth-order valence-electron chi connectivity index (χ4n) is 4.16. The molecule has 2 heteroatoms. The Bertz CT molecular complexity index is 1240. The third-order valence-electron chi connectivity index (χ3n) is 5.75. The van der Waals surface area contributed by atoms with Crippen molar-refractivity contribution in [3.05, 3.63) is 138 Å². The summed E-state index contributed by atoms with van der Waals surface area (Å²) in [5, 5.41) is 0.733. The van der Waals surface area contributed by atoms with Gasteiger partial charge in [-0.2, -0.15) is 0 Å². The van der Waals surface area contributed by atoms with Crippen LogP contribution in [0.4, 0.5) is 17.1 Å². The molecule has 0 spiro atoms. The van der Waals surface area contributed by atoms with Crippen molar-refractivity contribution in [2.45, 2.75) is 6.92 Å². The fourth-order valence-corrected chi connectivity index (χ4v) is 4.44. The minimum atomic E-state index is 0.733. The maximum absolute atomic E-state index is 6.45. The molecule has 0 bridgehead atoms. The fraction of sp³-hybridized carbons (Fsp3) is 0.0323. The van der Waals surface area contributed by atoms with Crippen LogP contribution in [0.5, 0.6) is 0 Å². The maximum Gasteiger partial charge on any atom is 0.0479 e. The van der Waals surface area contributed by atoms with Crippen LogP contribution in [0.15, 0.2) is 127 Å². The number of benzene rings is 5. The van der Waals surface area contributed by atoms with Gasteiger partial charge >= 0.3 is 0 Å². The van der Waals surface area contributed by atoms with E-state index >= 15 is 0 Å². The lowest BCUT2D eigenvalue weighted by atomic mass is 10.0. The standard InChI is InChI=1S/C31H24ClN/c1-23-20-28(32)22-31(21-23)33(29-16-12-26(13-17-29)24-8-4-2-5-9-24)30-18-14-27(15-19-30)25-10-6-3-7-11-25/h2-22H,1H3. The molecule has 0 aliphatic heterocycles. The summed E-state index contributed by atoms with van der Waals surface area (Å²) < 4.78 is 0. The summed E-state index contributed by atoms with van der Waals surface area (Å²) in [5.41, 5.74) is 9.15. The molecule has 0 saturated heterocycles. The molecule has 0 amide bonds. The van der Waals surface area contributed by atoms with Gasteiger partial charge in [-0.25, -0.2) is 0 Å². The Morgan fingerprint density at radius 2 is 0.879 bits per heavy atom. The molecule has 33 heavy (non-hydrogen) atoms. The zero-order chi connectivity index (χ0) is 22.6. The van der Waals surface area contributed by atoms with Gasteiger partial charge in [0.15, 0.2) is 0 Å². The van der Waals surface area contributed by atoms with Crippen molar-refractivity contribution in [3.63, 3.8) is 0 Å². The molecule has 0 atom stereocenters. The van der Waals surface area contributed by atoms with Gasteiger partial charge in [-0.15, -0.1) is 0 Å². The van der Waals surface area contributed by atoms with Crippen LogP contribution in [0.3, 0.4) is 0 Å². The minimum Gasteiger partial charge on any atom is -0.310 e. The lowest BCUT2D eigenvalue weighted by Crippen LogP contribution is -2.10. The summed E-state index contributed by atoms with van der Waals surface area (Å²) in [4.78, 5) is 2.25. The van der Waals surface area contributed by atoms with E-state index in [4.69, 9.17) is 11.6 Å². The first kappa shape index (κ1) is 21.1. The van der Waals surface area contributed by atoms with Crippen molar-refractivity contribution in [2.75, 3.05) is 4.90 Å². The molecule has 160 valence electrons. The Kier molecular flexibility index (Phi) is 5.97. The molecular formula is C31H24ClN. The van der Waals surface area contributed by atoms with Gasteiger partial charge in [-0.3, -0.25) is 0 Å². The molecule has 5 aromatic carbocycles. The summed E-state index contributed by atoms with van der Waals surface area (Å²) in [6, 6.07) is 44.4. The van der Waals surface area contributed by atoms with Gasteiger partial charge in [0.1, 0.15) is 0 Å². The molecule has 0 aliphatic rings. The Balaban J connectivity index is 1.57. The minimum absolute atomic E-state index is 0.733. The first-order chi connectivity index (χ1) is 16.2. The number of hydrogen-bond donors (Lipinski definition) is 0. The van der Waals surface area contributed by atoms with E-state index in [-0.39, 0.29) is 0 Å². The Morgan fingerprint density at radius 3 is 1.30 bits per heavy atom. The predicted octanol–water partition coefficient (Wildman–Crippen LogP) is 9.45. The van der Waals surface area contributed by atoms with Crippen molar-refractivity contribution in [1.29, 1.82) is 0 Å². The van der Waals surface area contributed by atoms with Crippen LogP contribution in [-0.2, 0) is 0 Å². The van der Waals surface area contributed by atoms with Gasteiger partial charge in [0, 0.05) is 22.1 Å². The second-order valence-electron chi connectivity index (χ2n) is 8.15. The van der Waals surface area contributed by atoms with Crippen LogP contribution in [0.1, 0.15) is 5.56 Å². The number of aryl methyl sites for hydroxylation is 1. The Morgan fingerprint density at radius 1 is 0.455 bits per heavy atom. The third-order valence-corrected chi connectivity index (χ3v) is 5.97. The highest BCUT2D eigenvalue weighted by molar-refractivity contribution is 6.31. The van der Waals surface area contributed by atoms with Crippen molar-refractivity contribution in [1.82, 2.24) is 0 Å². The van der Waals surface area contributed by atoms with E-state index in [0.29, 0.717) is 0 Å². The third kappa shape index (κ3) is 4.69. The molecule has 0 heterocycles. The highest BCUT2D eigenvalue weighted by Gasteiger charge is 2.14. The lowest BCUT2D eigenvalue weighted by Gasteiger charge is -2.26. The summed E-state index contributed by atoms with van der Waals surface area (Å²) in [6.07, 6.45) is 0. The van der Waals surface area contributed by atoms with Gasteiger partial charge in [-0.1, -0.05) is 96.5 Å². The zero-order valence-corrected chi connectivity index (χ0v) is 19.2. The summed E-state index contributed by atoms with van der Waals surface area (Å²) >= 11 is 6.45. The predicted molar refractivity (Wildman–Crippen MR) is 142 cm³/mol. The van der Waals surface area contributed by atoms with Crippen molar-refractivity contribution in [3.8, 4) is 22.3 Å². The van der Waals surface area contributed by atoms with Crippen molar-refractivity contribution < 1.29 is 0 Å². The Hall–Kier alpha value is -3.81. The summed E-state index contributed by atoms with van der Waals surface area (Å²) in [5.74, 6) is 0. The number of anilines is 3. The van der Waals surface area contributed by atoms with Gasteiger partial charge in [0.25, 0.3) is 0 Å². The van der Waals surface area contributed by atoms with Gasteiger partial charge in [0.2, 0.25) is 0 Å². The number of halogens is 1. The molecule has 0 aromatic heterocycles. The zero-order valence-electron chi connectivity index (χ0n) is 18.4. The van der Waals surface area contributed by atoms with Crippen molar-refractivity contribution in [2.24, 2.45) is 0 Å². The smallest absolute Gasteiger partial charge is 0.0479 e. The second-order valence-corrected chi connectivity index (χ2v) is 8.58. The van der Waals surface area contributed by atoms with Crippen LogP contribution in [-0.4, -0.2) is 0 Å². The lowest BCUT2D eigenvalue weighted by molar-refractivity contribution is 1.27. The average Bonchev–Trinajstić information content (AvgIpc) is 2.86. The highest BCUT2D eigenvalue weighted by atomic mass is 35.5. The normalized spacial score (nSPS) is 10.7. The van der Waals surface area contributed by atoms with Crippen molar-refractivity contribution >= 4 is 28.7 Å². The van der Waals surface area contributed by atoms with Crippen LogP contribution in [0, 0.1) is 6.92 Å². The van der Waals surface area contributed by atoms with Gasteiger partial charge < -0.3 is 4.90 Å². The highest BCUT2D eigenvalue weighted by Crippen LogP contribution is 2.38. The molecule has 0 N–H and O–H groups in total. The largest absolute Gasteiger partial charge is 0.310 e. The van der Waals surface area contributed by atoms with E-state index in [2.05, 4.69) is 115 Å². The SMILES string of the molecule is Cc1cc(Cl)cc(N(c2ccc(-c3ccccc3)cc2)c2ccc(-c3ccccc3)cc2)c1. The molecule has 0 radical (unpaired) electrons. The maximum atomic E-state index is 6.45. The van der Waals surface area contributed by atoms with E-state index in [0.717, 1.165) is 27.6 Å². The van der Waals surface area contributed by atoms with Gasteiger partial charge in [0.05, 0.1) is 0 Å². The monoisotopic (exact) mass is 445 g/mol. The summed E-state index contributed by atoms with van der Waals surface area (Å²) in [6.45, 7) is 2.07. The van der Waals surface area contributed by atoms with Gasteiger partial charge in [-0.05, 0) is 77.2 Å². The van der Waals surface area contributed by atoms with E-state index in [1.807, 2.05) is 24.3 Å². The molecular weight excluding hydrogens is 422 g/mol. The molecule has 0 aliphatic carbocycles. The first-order valence-corrected chi connectivity index (χ1v) is 11.4. The quantitative estimate of drug-likeness (QED) is 0.260. The second kappa shape index (κ2) is 9.36. The van der Waals surface area contributed by atoms with Crippen LogP contribution >= 0.6 is 11.6 Å². The first-order valence-electron chi connectivity index (χ1n) is 11.1.